The molecule has 0 aromatic carbocycles. The van der Waals surface area contributed by atoms with Crippen molar-refractivity contribution >= 4 is 13.3 Å². The Bertz CT molecular complexity index is 343. The van der Waals surface area contributed by atoms with Gasteiger partial charge in [-0.3, -0.25) is 4.57 Å². The first-order valence-electron chi connectivity index (χ1n) is 9.19. The molecule has 0 saturated heterocycles. The summed E-state index contributed by atoms with van der Waals surface area (Å²) in [6.45, 7) is 2.24. The Kier molecular flexibility index (Phi) is 27.5. The molecule has 0 fully saturated rings. The van der Waals surface area contributed by atoms with Crippen LogP contribution in [0.25, 0.3) is 0 Å². The van der Waals surface area contributed by atoms with Gasteiger partial charge in [-0.2, -0.15) is 0 Å². The fourth-order valence-corrected chi connectivity index (χ4v) is 3.02. The molecule has 8 heteroatoms. The van der Waals surface area contributed by atoms with Crippen LogP contribution in [0.5, 0.6) is 0 Å². The van der Waals surface area contributed by atoms with Gasteiger partial charge in [0, 0.05) is 0 Å². The van der Waals surface area contributed by atoms with Gasteiger partial charge in [-0.05, 0) is 6.42 Å². The maximum atomic E-state index is 10.9. The zero-order valence-corrected chi connectivity index (χ0v) is 21.5. The zero-order chi connectivity index (χ0) is 17.4. The molecule has 0 aromatic rings. The second-order valence-corrected chi connectivity index (χ2v) is 7.88. The van der Waals surface area contributed by atoms with Crippen LogP contribution in [0.1, 0.15) is 96.8 Å². The molecule has 1 atom stereocenters. The maximum Gasteiger partial charge on any atom is 1.00 e. The molecule has 0 aliphatic heterocycles. The van der Waals surface area contributed by atoms with Gasteiger partial charge in [0.15, 0.2) is 5.71 Å². The minimum Gasteiger partial charge on any atom is -0.538 e. The predicted molar refractivity (Wildman–Crippen MR) is 91.5 cm³/mol. The summed E-state index contributed by atoms with van der Waals surface area (Å²) in [4.78, 5) is 19.1. The molecule has 1 unspecified atom stereocenters. The number of hydrogen-bond donors (Lipinski definition) is 1. The van der Waals surface area contributed by atoms with Crippen molar-refractivity contribution in [1.82, 2.24) is 0 Å². The summed E-state index contributed by atoms with van der Waals surface area (Å²) in [6.07, 6.45) is 17.1. The normalized spacial score (nSPS) is 12.7. The van der Waals surface area contributed by atoms with E-state index in [9.17, 15) is 14.5 Å². The minimum atomic E-state index is -4.55. The van der Waals surface area contributed by atoms with Crippen molar-refractivity contribution in [2.45, 2.75) is 96.8 Å². The molecule has 0 bridgehead atoms. The third-order valence-electron chi connectivity index (χ3n) is 3.99. The van der Waals surface area contributed by atoms with Gasteiger partial charge in [0.1, 0.15) is 0 Å². The van der Waals surface area contributed by atoms with Crippen molar-refractivity contribution in [1.29, 1.82) is 0 Å². The Morgan fingerprint density at radius 3 is 1.44 bits per heavy atom. The number of carbonyl (C=O) groups excluding carboxylic acids is 1. The zero-order valence-electron chi connectivity index (χ0n) is 16.6. The number of rotatable bonds is 17. The van der Waals surface area contributed by atoms with Gasteiger partial charge in [0.2, 0.25) is 0 Å². The van der Waals surface area contributed by atoms with Crippen molar-refractivity contribution in [3.8, 4) is 0 Å². The number of unbranched alkanes of at least 4 members (excludes halogenated alkanes) is 13. The van der Waals surface area contributed by atoms with E-state index in [-0.39, 0.29) is 65.7 Å². The maximum absolute atomic E-state index is 10.9. The van der Waals surface area contributed by atoms with E-state index in [4.69, 9.17) is 4.89 Å². The molecule has 5 nitrogen and oxygen atoms in total. The van der Waals surface area contributed by atoms with Crippen molar-refractivity contribution in [2.24, 2.45) is 0 Å². The van der Waals surface area contributed by atoms with Crippen LogP contribution in [0, 0.1) is 0 Å². The van der Waals surface area contributed by atoms with E-state index in [1.54, 1.807) is 0 Å². The van der Waals surface area contributed by atoms with E-state index < -0.39 is 13.3 Å². The first-order valence-corrected chi connectivity index (χ1v) is 10.8. The fourth-order valence-electron chi connectivity index (χ4n) is 2.54. The molecule has 0 rings (SSSR count). The molecule has 0 radical (unpaired) electrons. The monoisotopic (exact) mass is 395 g/mol. The summed E-state index contributed by atoms with van der Waals surface area (Å²) in [5, 5.41) is 10.3. The Labute approximate surface area is 198 Å². The van der Waals surface area contributed by atoms with Gasteiger partial charge in [0.25, 0.3) is 0 Å². The number of carbonyl (C=O) groups is 1. The average molecular weight is 395 g/mol. The summed E-state index contributed by atoms with van der Waals surface area (Å²) in [7, 11) is -4.55. The summed E-state index contributed by atoms with van der Waals surface area (Å²) >= 11 is 0. The summed E-state index contributed by atoms with van der Waals surface area (Å²) in [5.74, 6) is 0. The number of carboxylic acid groups (broad SMARTS) is 1. The largest absolute Gasteiger partial charge is 1.00 e. The molecule has 1 N–H and O–H groups in total. The van der Waals surface area contributed by atoms with E-state index >= 15 is 0 Å². The van der Waals surface area contributed by atoms with Crippen LogP contribution in [0.4, 0.5) is 4.79 Å². The predicted octanol–water partition coefficient (Wildman–Crippen LogP) is -0.979. The molecule has 0 spiro atoms. The molecule has 0 saturated carbocycles. The summed E-state index contributed by atoms with van der Waals surface area (Å²) in [5.41, 5.74) is -2.03. The first-order chi connectivity index (χ1) is 11.0. The van der Waals surface area contributed by atoms with Crippen LogP contribution >= 0.6 is 7.60 Å². The van der Waals surface area contributed by atoms with E-state index in [2.05, 4.69) is 11.4 Å². The van der Waals surface area contributed by atoms with E-state index in [0.717, 1.165) is 19.3 Å². The van der Waals surface area contributed by atoms with Crippen molar-refractivity contribution in [2.75, 3.05) is 6.61 Å². The van der Waals surface area contributed by atoms with Gasteiger partial charge in [0.05, 0.1) is 6.61 Å². The quantitative estimate of drug-likeness (QED) is 0.194. The molecule has 0 aliphatic rings. The van der Waals surface area contributed by atoms with Gasteiger partial charge >= 0.3 is 66.7 Å². The van der Waals surface area contributed by atoms with Gasteiger partial charge in [-0.15, -0.1) is 0 Å². The molecule has 138 valence electrons. The molecular weight excluding hydrogens is 361 g/mol. The standard InChI is InChI=1S/C17H35O5P.2Na/c1-2-3-4-5-6-7-8-9-10-11-12-13-14-15-16-22-23(20,21)17(18)19;;/h2-16H2,1H3,(H,18,19)(H,20,21);;/q;2*+1/p-1. The fraction of sp³-hybridized carbons (Fsp3) is 0.941. The Morgan fingerprint density at radius 1 is 0.800 bits per heavy atom. The van der Waals surface area contributed by atoms with Crippen LogP contribution in [0.15, 0.2) is 0 Å². The van der Waals surface area contributed by atoms with E-state index in [1.165, 1.54) is 64.2 Å². The summed E-state index contributed by atoms with van der Waals surface area (Å²) < 4.78 is 15.4. The van der Waals surface area contributed by atoms with Crippen LogP contribution in [0.3, 0.4) is 0 Å². The third-order valence-corrected chi connectivity index (χ3v) is 4.99. The molecule has 0 aliphatic carbocycles. The molecule has 0 aromatic heterocycles. The molecule has 0 amide bonds. The topological polar surface area (TPSA) is 86.7 Å². The van der Waals surface area contributed by atoms with Crippen molar-refractivity contribution < 1.29 is 83.0 Å². The average Bonchev–Trinajstić information content (AvgIpc) is 2.51. The Morgan fingerprint density at radius 2 is 1.12 bits per heavy atom. The molecule has 25 heavy (non-hydrogen) atoms. The van der Waals surface area contributed by atoms with Crippen LogP contribution in [0.2, 0.25) is 0 Å². The van der Waals surface area contributed by atoms with Gasteiger partial charge in [-0.1, -0.05) is 90.4 Å². The molecule has 0 heterocycles. The molecular formula is C17H34Na2O5P+. The van der Waals surface area contributed by atoms with Crippen LogP contribution < -0.4 is 64.2 Å². The van der Waals surface area contributed by atoms with E-state index in [1.807, 2.05) is 0 Å². The van der Waals surface area contributed by atoms with Gasteiger partial charge < -0.3 is 19.3 Å². The van der Waals surface area contributed by atoms with Gasteiger partial charge in [-0.25, -0.2) is 0 Å². The smallest absolute Gasteiger partial charge is 0.538 e. The Balaban J connectivity index is -0.00000242. The second kappa shape index (κ2) is 21.9. The third kappa shape index (κ3) is 21.8. The van der Waals surface area contributed by atoms with Crippen molar-refractivity contribution in [3.05, 3.63) is 0 Å². The summed E-state index contributed by atoms with van der Waals surface area (Å²) in [6, 6.07) is 0. The van der Waals surface area contributed by atoms with Crippen LogP contribution in [-0.2, 0) is 9.09 Å². The second-order valence-electron chi connectivity index (χ2n) is 6.22. The Hall–Kier alpha value is 1.62. The minimum absolute atomic E-state index is 0. The van der Waals surface area contributed by atoms with E-state index in [0.29, 0.717) is 6.42 Å². The van der Waals surface area contributed by atoms with Crippen LogP contribution in [-0.4, -0.2) is 17.2 Å². The SMILES string of the molecule is CCCCCCCCCCCCCCCCOP(=O)(O)C(=O)[O-].[Na+].[Na+]. The van der Waals surface area contributed by atoms with Crippen molar-refractivity contribution in [3.63, 3.8) is 0 Å². The first kappa shape index (κ1) is 31.3. The number of hydrogen-bond acceptors (Lipinski definition) is 4.